The van der Waals surface area contributed by atoms with E-state index >= 15 is 0 Å². The normalized spacial score (nSPS) is 14.2. The lowest BCUT2D eigenvalue weighted by Crippen LogP contribution is -2.29. The maximum absolute atomic E-state index is 11.3. The van der Waals surface area contributed by atoms with E-state index in [1.807, 2.05) is 0 Å². The molecule has 92 valence electrons. The van der Waals surface area contributed by atoms with Gasteiger partial charge in [0.2, 0.25) is 0 Å². The summed E-state index contributed by atoms with van der Waals surface area (Å²) in [7, 11) is -1.48. The lowest BCUT2D eigenvalue weighted by Gasteiger charge is -2.06. The summed E-state index contributed by atoms with van der Waals surface area (Å²) in [4.78, 5) is 11.3. The minimum absolute atomic E-state index is 0.332. The van der Waals surface area contributed by atoms with Crippen LogP contribution in [0.3, 0.4) is 0 Å². The van der Waals surface area contributed by atoms with Crippen LogP contribution in [0.5, 0.6) is 0 Å². The molecule has 6 heteroatoms. The number of rotatable bonds is 4. The second kappa shape index (κ2) is 5.08. The zero-order valence-electron chi connectivity index (χ0n) is 9.59. The Labute approximate surface area is 105 Å². The molecule has 0 aliphatic carbocycles. The molecule has 0 bridgehead atoms. The molecule has 0 aromatic heterocycles. The van der Waals surface area contributed by atoms with Crippen molar-refractivity contribution in [3.05, 3.63) is 48.3 Å². The number of anilines is 1. The molecule has 0 fully saturated rings. The molecule has 0 atom stereocenters. The Kier molecular flexibility index (Phi) is 3.50. The number of cyclic esters (lactones) is 1. The van der Waals surface area contributed by atoms with Crippen molar-refractivity contribution >= 4 is 24.2 Å². The van der Waals surface area contributed by atoms with Crippen LogP contribution in [-0.2, 0) is 9.53 Å². The van der Waals surface area contributed by atoms with Gasteiger partial charge in [-0.2, -0.15) is 0 Å². The van der Waals surface area contributed by atoms with Crippen molar-refractivity contribution in [2.75, 3.05) is 11.9 Å². The zero-order chi connectivity index (χ0) is 13.1. The molecule has 0 radical (unpaired) electrons. The van der Waals surface area contributed by atoms with Gasteiger partial charge in [0.1, 0.15) is 5.76 Å². The molecule has 0 saturated carbocycles. The number of carbonyl (C=O) groups excluding carboxylic acids is 1. The first-order valence-electron chi connectivity index (χ1n) is 5.38. The van der Waals surface area contributed by atoms with Gasteiger partial charge in [-0.3, -0.25) is 0 Å². The van der Waals surface area contributed by atoms with Crippen molar-refractivity contribution in [1.29, 1.82) is 0 Å². The molecule has 0 spiro atoms. The van der Waals surface area contributed by atoms with Gasteiger partial charge in [0.05, 0.1) is 5.57 Å². The molecule has 3 N–H and O–H groups in total. The van der Waals surface area contributed by atoms with Crippen molar-refractivity contribution in [3.8, 4) is 0 Å². The summed E-state index contributed by atoms with van der Waals surface area (Å²) in [5, 5.41) is 20.9. The number of benzene rings is 1. The van der Waals surface area contributed by atoms with Crippen molar-refractivity contribution in [1.82, 2.24) is 0 Å². The Balaban J connectivity index is 1.96. The monoisotopic (exact) mass is 245 g/mol. The van der Waals surface area contributed by atoms with E-state index in [4.69, 9.17) is 14.8 Å². The molecule has 1 aliphatic rings. The van der Waals surface area contributed by atoms with Crippen LogP contribution < -0.4 is 10.8 Å². The fourth-order valence-electron chi connectivity index (χ4n) is 1.56. The highest BCUT2D eigenvalue weighted by atomic mass is 16.5. The molecule has 1 heterocycles. The van der Waals surface area contributed by atoms with E-state index in [0.717, 1.165) is 5.69 Å². The van der Waals surface area contributed by atoms with Gasteiger partial charge in [0, 0.05) is 12.2 Å². The zero-order valence-corrected chi connectivity index (χ0v) is 9.59. The first-order chi connectivity index (χ1) is 8.56. The lowest BCUT2D eigenvalue weighted by molar-refractivity contribution is -0.133. The van der Waals surface area contributed by atoms with Gasteiger partial charge in [-0.15, -0.1) is 0 Å². The number of ether oxygens (including phenoxy) is 1. The maximum atomic E-state index is 11.3. The quantitative estimate of drug-likeness (QED) is 0.504. The van der Waals surface area contributed by atoms with Gasteiger partial charge in [-0.05, 0) is 23.7 Å². The summed E-state index contributed by atoms with van der Waals surface area (Å²) in [6, 6.07) is 6.58. The van der Waals surface area contributed by atoms with E-state index < -0.39 is 13.1 Å². The number of hydrogen-bond donors (Lipinski definition) is 3. The molecule has 1 aromatic rings. The molecule has 0 saturated heterocycles. The van der Waals surface area contributed by atoms with Crippen LogP contribution in [0.2, 0.25) is 0 Å². The lowest BCUT2D eigenvalue weighted by atomic mass is 9.80. The van der Waals surface area contributed by atoms with Crippen LogP contribution in [-0.4, -0.2) is 29.7 Å². The minimum Gasteiger partial charge on any atom is -0.424 e. The molecule has 0 unspecified atom stereocenters. The molecular formula is C12H12BNO4. The Morgan fingerprint density at radius 3 is 2.44 bits per heavy atom. The first kappa shape index (κ1) is 12.4. The summed E-state index contributed by atoms with van der Waals surface area (Å²) >= 11 is 0. The summed E-state index contributed by atoms with van der Waals surface area (Å²) in [6.07, 6.45) is 1.58. The maximum Gasteiger partial charge on any atom is 0.488 e. The van der Waals surface area contributed by atoms with Gasteiger partial charge in [0.25, 0.3) is 0 Å². The van der Waals surface area contributed by atoms with Gasteiger partial charge >= 0.3 is 13.1 Å². The molecule has 2 rings (SSSR count). The van der Waals surface area contributed by atoms with Crippen LogP contribution in [0.1, 0.15) is 0 Å². The predicted octanol–water partition coefficient (Wildman–Crippen LogP) is -0.225. The van der Waals surface area contributed by atoms with E-state index in [0.29, 0.717) is 23.3 Å². The molecule has 1 aliphatic heterocycles. The van der Waals surface area contributed by atoms with Crippen molar-refractivity contribution in [2.45, 2.75) is 0 Å². The highest BCUT2D eigenvalue weighted by Crippen LogP contribution is 2.15. The molecule has 0 amide bonds. The Hall–Kier alpha value is -2.05. The Morgan fingerprint density at radius 1 is 1.28 bits per heavy atom. The summed E-state index contributed by atoms with van der Waals surface area (Å²) < 4.78 is 4.78. The number of allylic oxidation sites excluding steroid dienone is 1. The third kappa shape index (κ3) is 2.79. The van der Waals surface area contributed by atoms with Crippen molar-refractivity contribution < 1.29 is 19.6 Å². The Bertz CT molecular complexity index is 507. The highest BCUT2D eigenvalue weighted by Gasteiger charge is 2.19. The fourth-order valence-corrected chi connectivity index (χ4v) is 1.56. The number of esters is 1. The predicted molar refractivity (Wildman–Crippen MR) is 68.1 cm³/mol. The molecule has 18 heavy (non-hydrogen) atoms. The standard InChI is InChI=1S/C12H12BNO4/c1-8-6-9(12(15)18-8)7-14-11-4-2-10(3-5-11)13(16)17/h2-6,14,16-17H,1,7H2. The third-order valence-electron chi connectivity index (χ3n) is 2.51. The number of nitrogens with one attached hydrogen (secondary N) is 1. The van der Waals surface area contributed by atoms with Crippen molar-refractivity contribution in [3.63, 3.8) is 0 Å². The molecule has 1 aromatic carbocycles. The second-order valence-corrected chi connectivity index (χ2v) is 3.87. The van der Waals surface area contributed by atoms with Gasteiger partial charge in [-0.1, -0.05) is 18.7 Å². The van der Waals surface area contributed by atoms with E-state index in [2.05, 4.69) is 11.9 Å². The topological polar surface area (TPSA) is 78.8 Å². The van der Waals surface area contributed by atoms with E-state index in [9.17, 15) is 4.79 Å². The summed E-state index contributed by atoms with van der Waals surface area (Å²) in [6.45, 7) is 3.87. The third-order valence-corrected chi connectivity index (χ3v) is 2.51. The van der Waals surface area contributed by atoms with Gasteiger partial charge in [0.15, 0.2) is 0 Å². The number of carbonyl (C=O) groups is 1. The van der Waals surface area contributed by atoms with E-state index in [-0.39, 0.29) is 0 Å². The SMILES string of the molecule is C=C1C=C(CNc2ccc(B(O)O)cc2)C(=O)O1. The summed E-state index contributed by atoms with van der Waals surface area (Å²) in [5.74, 6) is -0.0505. The van der Waals surface area contributed by atoms with Crippen LogP contribution in [0.4, 0.5) is 5.69 Å². The highest BCUT2D eigenvalue weighted by molar-refractivity contribution is 6.58. The van der Waals surface area contributed by atoms with Crippen molar-refractivity contribution in [2.24, 2.45) is 0 Å². The molecular weight excluding hydrogens is 233 g/mol. The van der Waals surface area contributed by atoms with Gasteiger partial charge in [-0.25, -0.2) is 4.79 Å². The van der Waals surface area contributed by atoms with Crippen LogP contribution in [0.15, 0.2) is 48.3 Å². The van der Waals surface area contributed by atoms with Crippen LogP contribution in [0.25, 0.3) is 0 Å². The van der Waals surface area contributed by atoms with Gasteiger partial charge < -0.3 is 20.1 Å². The first-order valence-corrected chi connectivity index (χ1v) is 5.38. The summed E-state index contributed by atoms with van der Waals surface area (Å²) in [5.41, 5.74) is 1.69. The van der Waals surface area contributed by atoms with Crippen LogP contribution in [0, 0.1) is 0 Å². The molecule has 5 nitrogen and oxygen atoms in total. The number of hydrogen-bond acceptors (Lipinski definition) is 5. The van der Waals surface area contributed by atoms with E-state index in [1.165, 1.54) is 0 Å². The Morgan fingerprint density at radius 2 is 1.94 bits per heavy atom. The largest absolute Gasteiger partial charge is 0.488 e. The fraction of sp³-hybridized carbons (Fsp3) is 0.0833. The smallest absolute Gasteiger partial charge is 0.424 e. The minimum atomic E-state index is -1.48. The van der Waals surface area contributed by atoms with E-state index in [1.54, 1.807) is 30.3 Å². The average Bonchev–Trinajstić information content (AvgIpc) is 2.66. The average molecular weight is 245 g/mol. The van der Waals surface area contributed by atoms with Crippen LogP contribution >= 0.6 is 0 Å². The second-order valence-electron chi connectivity index (χ2n) is 3.87.